The molecular formula is C45H29N3S. The van der Waals surface area contributed by atoms with Crippen LogP contribution in [0.1, 0.15) is 20.6 Å². The molecular weight excluding hydrogens is 615 g/mol. The molecule has 2 aromatic heterocycles. The van der Waals surface area contributed by atoms with Crippen LogP contribution >= 0.6 is 11.3 Å². The summed E-state index contributed by atoms with van der Waals surface area (Å²) in [6.07, 6.45) is 0. The maximum Gasteiger partial charge on any atom is 0.164 e. The van der Waals surface area contributed by atoms with Crippen LogP contribution in [0.25, 0.3) is 87.7 Å². The molecule has 0 radical (unpaired) electrons. The van der Waals surface area contributed by atoms with Crippen LogP contribution in [0.4, 0.5) is 0 Å². The SMILES string of the molecule is [2H]c1c([2H])c(-c2c([2H])c([2H])c(-c3c([2H])c([2H])c4c(sc5c([2H])c([2H])c([2H])c([2H])c54)c3[2H])c([2H])c2[2H])c([2H])c([2H])c1-c1nc(-c2ccccc2)nc(-c2ccc(-c3ccccc3)cc2)n1. The van der Waals surface area contributed by atoms with Gasteiger partial charge in [-0.2, -0.15) is 0 Å². The molecule has 3 nitrogen and oxygen atoms in total. The van der Waals surface area contributed by atoms with Crippen molar-refractivity contribution >= 4 is 31.5 Å². The highest BCUT2D eigenvalue weighted by Gasteiger charge is 2.13. The van der Waals surface area contributed by atoms with Gasteiger partial charge in [0, 0.05) is 36.9 Å². The van der Waals surface area contributed by atoms with Gasteiger partial charge in [0.1, 0.15) is 0 Å². The molecule has 0 aliphatic rings. The van der Waals surface area contributed by atoms with E-state index >= 15 is 0 Å². The van der Waals surface area contributed by atoms with E-state index < -0.39 is 113 Å². The predicted molar refractivity (Wildman–Crippen MR) is 205 cm³/mol. The Labute approximate surface area is 310 Å². The van der Waals surface area contributed by atoms with E-state index in [4.69, 9.17) is 22.8 Å². The van der Waals surface area contributed by atoms with Crippen LogP contribution in [0.2, 0.25) is 0 Å². The van der Waals surface area contributed by atoms with Gasteiger partial charge in [-0.1, -0.05) is 163 Å². The summed E-state index contributed by atoms with van der Waals surface area (Å²) < 4.78 is 133. The zero-order chi connectivity index (χ0) is 45.6. The van der Waals surface area contributed by atoms with E-state index in [1.54, 1.807) is 24.3 Å². The van der Waals surface area contributed by atoms with Crippen LogP contribution in [0.15, 0.2) is 176 Å². The van der Waals surface area contributed by atoms with Gasteiger partial charge in [0.15, 0.2) is 17.5 Å². The summed E-state index contributed by atoms with van der Waals surface area (Å²) >= 11 is 0.786. The Balaban J connectivity index is 1.21. The van der Waals surface area contributed by atoms with Crippen LogP contribution < -0.4 is 0 Å². The molecule has 9 rings (SSSR count). The number of hydrogen-bond acceptors (Lipinski definition) is 4. The molecule has 4 heteroatoms. The number of rotatable bonds is 6. The van der Waals surface area contributed by atoms with Gasteiger partial charge in [0.2, 0.25) is 0 Å². The summed E-state index contributed by atoms with van der Waals surface area (Å²) in [5, 5.41) is -0.128. The van der Waals surface area contributed by atoms with Gasteiger partial charge in [-0.3, -0.25) is 0 Å². The lowest BCUT2D eigenvalue weighted by Crippen LogP contribution is -2.00. The first kappa shape index (κ1) is 17.3. The van der Waals surface area contributed by atoms with Gasteiger partial charge in [0.05, 0.1) is 20.6 Å². The first-order valence-electron chi connectivity index (χ1n) is 22.6. The maximum absolute atomic E-state index is 9.19. The van der Waals surface area contributed by atoms with Crippen LogP contribution in [-0.4, -0.2) is 15.0 Å². The van der Waals surface area contributed by atoms with Crippen molar-refractivity contribution in [1.29, 1.82) is 0 Å². The third kappa shape index (κ3) is 5.69. The second-order valence-electron chi connectivity index (χ2n) is 10.9. The molecule has 230 valence electrons. The Morgan fingerprint density at radius 1 is 0.347 bits per heavy atom. The normalized spacial score (nSPS) is 15.6. The highest BCUT2D eigenvalue weighted by molar-refractivity contribution is 7.25. The van der Waals surface area contributed by atoms with Gasteiger partial charge < -0.3 is 0 Å². The Bertz CT molecular complexity index is 3380. The Hall–Kier alpha value is -6.23. The zero-order valence-electron chi connectivity index (χ0n) is 40.3. The summed E-state index contributed by atoms with van der Waals surface area (Å²) in [7, 11) is 0. The molecule has 9 aromatic rings. The van der Waals surface area contributed by atoms with E-state index in [1.807, 2.05) is 60.7 Å². The first-order chi connectivity index (χ1) is 30.5. The van der Waals surface area contributed by atoms with Crippen molar-refractivity contribution in [2.24, 2.45) is 0 Å². The molecule has 0 atom stereocenters. The lowest BCUT2D eigenvalue weighted by Gasteiger charge is -2.10. The van der Waals surface area contributed by atoms with Gasteiger partial charge in [-0.25, -0.2) is 15.0 Å². The fourth-order valence-corrected chi connectivity index (χ4v) is 6.28. The van der Waals surface area contributed by atoms with Gasteiger partial charge in [-0.15, -0.1) is 11.3 Å². The van der Waals surface area contributed by atoms with Gasteiger partial charge >= 0.3 is 0 Å². The molecule has 0 aliphatic carbocycles. The number of fused-ring (bicyclic) bond motifs is 3. The van der Waals surface area contributed by atoms with Crippen LogP contribution in [0.5, 0.6) is 0 Å². The van der Waals surface area contributed by atoms with Gasteiger partial charge in [0.25, 0.3) is 0 Å². The average molecular weight is 659 g/mol. The van der Waals surface area contributed by atoms with Crippen molar-refractivity contribution in [2.75, 3.05) is 0 Å². The Morgan fingerprint density at radius 3 is 1.41 bits per heavy atom. The zero-order valence-corrected chi connectivity index (χ0v) is 26.1. The number of hydrogen-bond donors (Lipinski definition) is 0. The number of benzene rings is 7. The van der Waals surface area contributed by atoms with Crippen molar-refractivity contribution in [1.82, 2.24) is 15.0 Å². The smallest absolute Gasteiger partial charge is 0.164 e. The van der Waals surface area contributed by atoms with Crippen LogP contribution in [-0.2, 0) is 0 Å². The third-order valence-corrected chi connectivity index (χ3v) is 8.80. The minimum atomic E-state index is -0.793. The molecule has 0 amide bonds. The summed E-state index contributed by atoms with van der Waals surface area (Å²) in [6, 6.07) is 16.7. The van der Waals surface area contributed by atoms with E-state index in [1.165, 1.54) is 0 Å². The second kappa shape index (κ2) is 12.4. The minimum Gasteiger partial charge on any atom is -0.208 e. The molecule has 0 fully saturated rings. The van der Waals surface area contributed by atoms with Crippen LogP contribution in [0, 0.1) is 0 Å². The first-order valence-corrected chi connectivity index (χ1v) is 16.0. The third-order valence-electron chi connectivity index (χ3n) is 7.78. The lowest BCUT2D eigenvalue weighted by molar-refractivity contribution is 1.07. The molecule has 7 aromatic carbocycles. The van der Waals surface area contributed by atoms with E-state index in [2.05, 4.69) is 9.97 Å². The Kier molecular flexibility index (Phi) is 4.37. The van der Waals surface area contributed by atoms with E-state index in [9.17, 15) is 2.74 Å². The molecule has 0 saturated heterocycles. The molecule has 49 heavy (non-hydrogen) atoms. The molecule has 0 N–H and O–H groups in total. The van der Waals surface area contributed by atoms with Crippen molar-refractivity contribution in [3.8, 4) is 67.5 Å². The number of aromatic nitrogens is 3. The topological polar surface area (TPSA) is 38.7 Å². The molecule has 0 saturated carbocycles. The Morgan fingerprint density at radius 2 is 0.776 bits per heavy atom. The van der Waals surface area contributed by atoms with Crippen molar-refractivity contribution in [3.05, 3.63) is 176 Å². The molecule has 0 spiro atoms. The lowest BCUT2D eigenvalue weighted by atomic mass is 9.99. The highest BCUT2D eigenvalue weighted by atomic mass is 32.1. The second-order valence-corrected chi connectivity index (χ2v) is 11.9. The van der Waals surface area contributed by atoms with E-state index in [-0.39, 0.29) is 43.2 Å². The largest absolute Gasteiger partial charge is 0.208 e. The fourth-order valence-electron chi connectivity index (χ4n) is 5.31. The maximum atomic E-state index is 9.19. The molecule has 2 heterocycles. The van der Waals surface area contributed by atoms with Crippen LogP contribution in [0.3, 0.4) is 0 Å². The van der Waals surface area contributed by atoms with E-state index in [0.29, 0.717) is 11.1 Å². The van der Waals surface area contributed by atoms with Crippen molar-refractivity contribution in [2.45, 2.75) is 0 Å². The predicted octanol–water partition coefficient (Wildman–Crippen LogP) is 12.2. The summed E-state index contributed by atoms with van der Waals surface area (Å²) in [4.78, 5) is 14.0. The standard InChI is InChI=1S/C45H29N3S/c1-3-9-30(10-4-1)31-19-23-36(24-20-31)44-46-43(35-11-5-2-6-12-35)47-45(48-44)37-25-21-33(22-26-37)32-15-17-34(18-16-32)38-27-28-40-39-13-7-8-14-41(39)49-42(40)29-38/h1-29H/i7D,8D,13D,14D,15D,16D,17D,18D,21D,22D,25D,26D,27D,28D,29D. The minimum absolute atomic E-state index is 0.0183. The monoisotopic (exact) mass is 658 g/mol. The highest BCUT2D eigenvalue weighted by Crippen LogP contribution is 2.37. The molecule has 0 aliphatic heterocycles. The molecule has 0 unspecified atom stereocenters. The molecule has 0 bridgehead atoms. The summed E-state index contributed by atoms with van der Waals surface area (Å²) in [6.45, 7) is 0. The number of nitrogens with zero attached hydrogens (tertiary/aromatic N) is 3. The number of thiophene rings is 1. The van der Waals surface area contributed by atoms with Crippen molar-refractivity contribution < 1.29 is 20.6 Å². The summed E-state index contributed by atoms with van der Waals surface area (Å²) in [5.74, 6) is 0.198. The average Bonchev–Trinajstić information content (AvgIpc) is 3.72. The summed E-state index contributed by atoms with van der Waals surface area (Å²) in [5.41, 5.74) is 0.711. The van der Waals surface area contributed by atoms with Crippen molar-refractivity contribution in [3.63, 3.8) is 0 Å². The quantitative estimate of drug-likeness (QED) is 0.178. The van der Waals surface area contributed by atoms with E-state index in [0.717, 1.165) is 22.5 Å². The van der Waals surface area contributed by atoms with Gasteiger partial charge in [-0.05, 0) is 45.5 Å². The fraction of sp³-hybridized carbons (Fsp3) is 0.